The summed E-state index contributed by atoms with van der Waals surface area (Å²) in [5, 5.41) is 19.1. The summed E-state index contributed by atoms with van der Waals surface area (Å²) in [7, 11) is 0. The highest BCUT2D eigenvalue weighted by atomic mass is 16.3. The summed E-state index contributed by atoms with van der Waals surface area (Å²) in [6, 6.07) is 6.47. The van der Waals surface area contributed by atoms with Gasteiger partial charge in [0.25, 0.3) is 0 Å². The zero-order valence-electron chi connectivity index (χ0n) is 8.67. The quantitative estimate of drug-likeness (QED) is 0.672. The molecule has 82 valence electrons. The molecule has 0 radical (unpaired) electrons. The molecule has 0 saturated heterocycles. The fourth-order valence-electron chi connectivity index (χ4n) is 1.56. The van der Waals surface area contributed by atoms with Crippen molar-refractivity contribution in [2.45, 2.75) is 6.04 Å². The van der Waals surface area contributed by atoms with Crippen LogP contribution in [0.25, 0.3) is 6.08 Å². The molecular weight excluding hydrogens is 202 g/mol. The van der Waals surface area contributed by atoms with Crippen molar-refractivity contribution in [2.75, 3.05) is 0 Å². The molecule has 0 aromatic heterocycles. The summed E-state index contributed by atoms with van der Waals surface area (Å²) < 4.78 is 0. The number of benzene rings is 1. The lowest BCUT2D eigenvalue weighted by atomic mass is 9.98. The van der Waals surface area contributed by atoms with Gasteiger partial charge in [0, 0.05) is 5.56 Å². The number of rotatable bonds is 1. The SMILES string of the molecule is NC1C(O)=CC=CC1=Cc1ccccc1O. The molecule has 0 saturated carbocycles. The molecule has 0 spiro atoms. The Morgan fingerprint density at radius 1 is 1.19 bits per heavy atom. The number of allylic oxidation sites excluding steroid dienone is 2. The molecule has 1 aliphatic rings. The first-order valence-electron chi connectivity index (χ1n) is 5.01. The largest absolute Gasteiger partial charge is 0.510 e. The van der Waals surface area contributed by atoms with Gasteiger partial charge in [-0.15, -0.1) is 0 Å². The minimum Gasteiger partial charge on any atom is -0.510 e. The van der Waals surface area contributed by atoms with Gasteiger partial charge >= 0.3 is 0 Å². The van der Waals surface area contributed by atoms with Crippen molar-refractivity contribution in [3.63, 3.8) is 0 Å². The summed E-state index contributed by atoms with van der Waals surface area (Å²) in [6.07, 6.45) is 6.87. The van der Waals surface area contributed by atoms with Crippen molar-refractivity contribution >= 4 is 6.08 Å². The normalized spacial score (nSPS) is 22.2. The maximum absolute atomic E-state index is 9.61. The van der Waals surface area contributed by atoms with Crippen molar-refractivity contribution in [3.05, 3.63) is 59.4 Å². The summed E-state index contributed by atoms with van der Waals surface area (Å²) in [6.45, 7) is 0. The highest BCUT2D eigenvalue weighted by Gasteiger charge is 2.14. The van der Waals surface area contributed by atoms with Crippen molar-refractivity contribution in [2.24, 2.45) is 5.73 Å². The lowest BCUT2D eigenvalue weighted by Gasteiger charge is -2.15. The van der Waals surface area contributed by atoms with E-state index in [1.807, 2.05) is 12.1 Å². The number of nitrogens with two attached hydrogens (primary N) is 1. The second-order valence-electron chi connectivity index (χ2n) is 3.63. The molecule has 3 nitrogen and oxygen atoms in total. The van der Waals surface area contributed by atoms with Crippen LogP contribution >= 0.6 is 0 Å². The van der Waals surface area contributed by atoms with Crippen molar-refractivity contribution in [1.29, 1.82) is 0 Å². The van der Waals surface area contributed by atoms with Gasteiger partial charge in [-0.3, -0.25) is 0 Å². The molecule has 0 bridgehead atoms. The predicted octanol–water partition coefficient (Wildman–Crippen LogP) is 2.11. The molecule has 1 aliphatic carbocycles. The van der Waals surface area contributed by atoms with Gasteiger partial charge < -0.3 is 15.9 Å². The summed E-state index contributed by atoms with van der Waals surface area (Å²) >= 11 is 0. The zero-order chi connectivity index (χ0) is 11.5. The predicted molar refractivity (Wildman–Crippen MR) is 63.9 cm³/mol. The Balaban J connectivity index is 2.36. The van der Waals surface area contributed by atoms with Gasteiger partial charge in [0.15, 0.2) is 0 Å². The highest BCUT2D eigenvalue weighted by molar-refractivity contribution is 5.64. The Morgan fingerprint density at radius 3 is 2.69 bits per heavy atom. The Labute approximate surface area is 93.8 Å². The van der Waals surface area contributed by atoms with Crippen LogP contribution in [0.3, 0.4) is 0 Å². The van der Waals surface area contributed by atoms with Crippen LogP contribution in [0.15, 0.2) is 53.8 Å². The third kappa shape index (κ3) is 1.99. The van der Waals surface area contributed by atoms with Crippen molar-refractivity contribution in [1.82, 2.24) is 0 Å². The number of aromatic hydroxyl groups is 1. The van der Waals surface area contributed by atoms with Crippen LogP contribution in [0.5, 0.6) is 5.75 Å². The van der Waals surface area contributed by atoms with E-state index in [1.165, 1.54) is 0 Å². The molecule has 4 N–H and O–H groups in total. The van der Waals surface area contributed by atoms with Gasteiger partial charge in [-0.2, -0.15) is 0 Å². The molecule has 2 rings (SSSR count). The first-order valence-corrected chi connectivity index (χ1v) is 5.01. The minimum atomic E-state index is -0.524. The number of hydrogen-bond acceptors (Lipinski definition) is 3. The number of aliphatic hydroxyl groups is 1. The fourth-order valence-corrected chi connectivity index (χ4v) is 1.56. The first-order chi connectivity index (χ1) is 7.68. The lowest BCUT2D eigenvalue weighted by Crippen LogP contribution is -2.25. The van der Waals surface area contributed by atoms with E-state index in [1.54, 1.807) is 36.4 Å². The Hall–Kier alpha value is -2.00. The monoisotopic (exact) mass is 215 g/mol. The Morgan fingerprint density at radius 2 is 1.94 bits per heavy atom. The van der Waals surface area contributed by atoms with Crippen LogP contribution in [0.1, 0.15) is 5.56 Å². The molecule has 0 amide bonds. The summed E-state index contributed by atoms with van der Waals surface area (Å²) in [5.74, 6) is 0.328. The number of hydrogen-bond donors (Lipinski definition) is 3. The standard InChI is InChI=1S/C13H13NO2/c14-13-10(5-3-7-12(13)16)8-9-4-1-2-6-11(9)15/h1-8,13,15-16H,14H2. The molecule has 0 aliphatic heterocycles. The first kappa shape index (κ1) is 10.5. The van der Waals surface area contributed by atoms with E-state index in [0.29, 0.717) is 5.56 Å². The molecule has 1 atom stereocenters. The minimum absolute atomic E-state index is 0.129. The van der Waals surface area contributed by atoms with Gasteiger partial charge in [-0.05, 0) is 23.8 Å². The molecule has 0 fully saturated rings. The van der Waals surface area contributed by atoms with Gasteiger partial charge in [0.1, 0.15) is 11.5 Å². The lowest BCUT2D eigenvalue weighted by molar-refractivity contribution is 0.380. The highest BCUT2D eigenvalue weighted by Crippen LogP contribution is 2.23. The van der Waals surface area contributed by atoms with Crippen molar-refractivity contribution in [3.8, 4) is 5.75 Å². The van der Waals surface area contributed by atoms with Crippen molar-refractivity contribution < 1.29 is 10.2 Å². The Kier molecular flexibility index (Phi) is 2.79. The Bertz CT molecular complexity index is 486. The maximum atomic E-state index is 9.61. The average molecular weight is 215 g/mol. The summed E-state index contributed by atoms with van der Waals surface area (Å²) in [5.41, 5.74) is 7.25. The van der Waals surface area contributed by atoms with E-state index in [9.17, 15) is 10.2 Å². The van der Waals surface area contributed by atoms with Gasteiger partial charge in [0.2, 0.25) is 0 Å². The van der Waals surface area contributed by atoms with Crippen LogP contribution in [0.2, 0.25) is 0 Å². The summed E-state index contributed by atoms with van der Waals surface area (Å²) in [4.78, 5) is 0. The van der Waals surface area contributed by atoms with Gasteiger partial charge in [0.05, 0.1) is 6.04 Å². The fraction of sp³-hybridized carbons (Fsp3) is 0.0769. The van der Waals surface area contributed by atoms with Crippen LogP contribution in [-0.2, 0) is 0 Å². The van der Waals surface area contributed by atoms with E-state index < -0.39 is 6.04 Å². The third-order valence-corrected chi connectivity index (χ3v) is 2.49. The van der Waals surface area contributed by atoms with Crippen LogP contribution < -0.4 is 5.73 Å². The van der Waals surface area contributed by atoms with E-state index in [2.05, 4.69) is 0 Å². The zero-order valence-corrected chi connectivity index (χ0v) is 8.67. The molecule has 1 unspecified atom stereocenters. The number of aliphatic hydroxyl groups excluding tert-OH is 1. The smallest absolute Gasteiger partial charge is 0.122 e. The van der Waals surface area contributed by atoms with E-state index in [-0.39, 0.29) is 11.5 Å². The molecule has 0 heterocycles. The number of phenolic OH excluding ortho intramolecular Hbond substituents is 1. The molecular formula is C13H13NO2. The second kappa shape index (κ2) is 4.24. The third-order valence-electron chi connectivity index (χ3n) is 2.49. The van der Waals surface area contributed by atoms with E-state index >= 15 is 0 Å². The second-order valence-corrected chi connectivity index (χ2v) is 3.63. The number of phenols is 1. The average Bonchev–Trinajstić information content (AvgIpc) is 2.28. The maximum Gasteiger partial charge on any atom is 0.122 e. The molecule has 3 heteroatoms. The van der Waals surface area contributed by atoms with E-state index in [0.717, 1.165) is 5.57 Å². The van der Waals surface area contributed by atoms with Gasteiger partial charge in [-0.25, -0.2) is 0 Å². The molecule has 1 aromatic carbocycles. The van der Waals surface area contributed by atoms with Crippen LogP contribution in [0, 0.1) is 0 Å². The molecule has 16 heavy (non-hydrogen) atoms. The van der Waals surface area contributed by atoms with Crippen LogP contribution in [0.4, 0.5) is 0 Å². The number of para-hydroxylation sites is 1. The molecule has 1 aromatic rings. The topological polar surface area (TPSA) is 66.5 Å². The van der Waals surface area contributed by atoms with Crippen LogP contribution in [-0.4, -0.2) is 16.3 Å². The van der Waals surface area contributed by atoms with Gasteiger partial charge in [-0.1, -0.05) is 30.4 Å². The van der Waals surface area contributed by atoms with E-state index in [4.69, 9.17) is 5.73 Å².